The summed E-state index contributed by atoms with van der Waals surface area (Å²) in [7, 11) is 0. The zero-order valence-corrected chi connectivity index (χ0v) is 15.8. The van der Waals surface area contributed by atoms with Crippen molar-refractivity contribution in [3.8, 4) is 0 Å². The minimum absolute atomic E-state index is 0. The highest BCUT2D eigenvalue weighted by Gasteiger charge is 1.79. The highest BCUT2D eigenvalue weighted by atomic mass is 35.5. The van der Waals surface area contributed by atoms with Crippen LogP contribution in [0, 0.1) is 0 Å². The number of benzene rings is 2. The first-order valence-corrected chi connectivity index (χ1v) is 6.27. The van der Waals surface area contributed by atoms with E-state index in [2.05, 4.69) is 56.8 Å². The van der Waals surface area contributed by atoms with Gasteiger partial charge in [-0.25, -0.2) is 0 Å². The van der Waals surface area contributed by atoms with E-state index in [1.54, 1.807) is 0 Å². The van der Waals surface area contributed by atoms with Gasteiger partial charge in [-0.05, 0) is 0 Å². The standard InChI is InChI=1S/C7H7.C6H5.2Al.4ClH/c1-7-5-3-2-4-6-7;1-2-4-6-5-3-1;;;;;;/h2-6H,1H2;1-5H;;;4*1H. The van der Waals surface area contributed by atoms with Crippen molar-refractivity contribution in [2.24, 2.45) is 0 Å². The molecule has 2 aromatic carbocycles. The van der Waals surface area contributed by atoms with Gasteiger partial charge in [0.1, 0.15) is 16.3 Å². The molecule has 0 aromatic heterocycles. The Labute approximate surface area is 157 Å². The molecule has 0 N–H and O–H groups in total. The normalized spacial score (nSPS) is 6.95. The number of rotatable bonds is 1. The zero-order chi connectivity index (χ0) is 10.9. The molecule has 0 spiro atoms. The van der Waals surface area contributed by atoms with Crippen LogP contribution in [0.1, 0.15) is 5.56 Å². The van der Waals surface area contributed by atoms with Crippen LogP contribution in [-0.2, 0) is 5.28 Å². The molecular weight excluding hydrogens is 352 g/mol. The van der Waals surface area contributed by atoms with Gasteiger partial charge < -0.3 is 0 Å². The topological polar surface area (TPSA) is 0 Å². The van der Waals surface area contributed by atoms with Crippen LogP contribution in [0.5, 0.6) is 0 Å². The second kappa shape index (κ2) is 18.7. The largest absolute Gasteiger partial charge is 0.175 e. The molecule has 0 nitrogen and oxygen atoms in total. The van der Waals surface area contributed by atoms with Crippen molar-refractivity contribution < 1.29 is 0 Å². The van der Waals surface area contributed by atoms with Crippen LogP contribution in [0.15, 0.2) is 60.7 Å². The summed E-state index contributed by atoms with van der Waals surface area (Å²) in [5, 5.41) is 1.06. The van der Waals surface area contributed by atoms with Crippen LogP contribution in [0.2, 0.25) is 0 Å². The predicted molar refractivity (Wildman–Crippen MR) is 96.7 cm³/mol. The Morgan fingerprint density at radius 1 is 0.632 bits per heavy atom. The summed E-state index contributed by atoms with van der Waals surface area (Å²) in [6.07, 6.45) is 0. The van der Waals surface area contributed by atoms with E-state index < -0.39 is 0 Å². The molecule has 0 saturated carbocycles. The third-order valence-corrected chi connectivity index (χ3v) is 2.73. The van der Waals surface area contributed by atoms with E-state index in [0.29, 0.717) is 0 Å². The highest BCUT2D eigenvalue weighted by Crippen LogP contribution is 1.95. The first-order valence-electron chi connectivity index (χ1n) is 4.87. The summed E-state index contributed by atoms with van der Waals surface area (Å²) in [6.45, 7) is 0. The lowest BCUT2D eigenvalue weighted by Gasteiger charge is -1.90. The Balaban J connectivity index is -0.0000000983. The van der Waals surface area contributed by atoms with Crippen LogP contribution >= 0.6 is 49.6 Å². The molecule has 2 aromatic rings. The Kier molecular flexibility index (Phi) is 27.4. The Morgan fingerprint density at radius 2 is 1.00 bits per heavy atom. The molecule has 0 bridgehead atoms. The van der Waals surface area contributed by atoms with Crippen LogP contribution in [0.4, 0.5) is 0 Å². The maximum absolute atomic E-state index is 2.69. The van der Waals surface area contributed by atoms with Gasteiger partial charge in [0.15, 0.2) is 16.3 Å². The zero-order valence-electron chi connectivity index (χ0n) is 10.3. The Bertz CT molecular complexity index is 371. The van der Waals surface area contributed by atoms with Crippen molar-refractivity contribution in [1.82, 2.24) is 0 Å². The summed E-state index contributed by atoms with van der Waals surface area (Å²) < 4.78 is 1.24. The molecule has 6 heteroatoms. The van der Waals surface area contributed by atoms with Gasteiger partial charge in [-0.3, -0.25) is 0 Å². The molecule has 0 aliphatic heterocycles. The quantitative estimate of drug-likeness (QED) is 0.676. The van der Waals surface area contributed by atoms with E-state index >= 15 is 0 Å². The van der Waals surface area contributed by atoms with E-state index in [1.807, 2.05) is 36.4 Å². The maximum Gasteiger partial charge on any atom is 0.175 e. The molecule has 0 unspecified atom stereocenters. The second-order valence-electron chi connectivity index (χ2n) is 3.10. The van der Waals surface area contributed by atoms with Crippen LogP contribution < -0.4 is 4.43 Å². The van der Waals surface area contributed by atoms with E-state index in [-0.39, 0.29) is 49.6 Å². The van der Waals surface area contributed by atoms with E-state index in [9.17, 15) is 0 Å². The number of hydrogen-bond donors (Lipinski definition) is 0. The summed E-state index contributed by atoms with van der Waals surface area (Å²) in [4.78, 5) is 0. The molecule has 0 amide bonds. The summed E-state index contributed by atoms with van der Waals surface area (Å²) in [6, 6.07) is 20.5. The molecule has 4 radical (unpaired) electrons. The summed E-state index contributed by atoms with van der Waals surface area (Å²) in [5.41, 5.74) is 1.37. The van der Waals surface area contributed by atoms with Gasteiger partial charge in [0.2, 0.25) is 0 Å². The van der Waals surface area contributed by atoms with Crippen molar-refractivity contribution in [1.29, 1.82) is 0 Å². The molecule has 0 fully saturated rings. The van der Waals surface area contributed by atoms with Gasteiger partial charge in [-0.2, -0.15) is 0 Å². The second-order valence-corrected chi connectivity index (χ2v) is 4.18. The monoisotopic (exact) mass is 366 g/mol. The number of halogens is 4. The minimum Gasteiger partial charge on any atom is -0.147 e. The van der Waals surface area contributed by atoms with Crippen molar-refractivity contribution in [2.75, 3.05) is 0 Å². The molecule has 0 saturated heterocycles. The molecular formula is C13H16Al2Cl4. The Hall–Kier alpha value is 0.665. The third-order valence-electron chi connectivity index (χ3n) is 1.88. The van der Waals surface area contributed by atoms with Crippen molar-refractivity contribution in [3.05, 3.63) is 66.2 Å². The average molecular weight is 368 g/mol. The fourth-order valence-corrected chi connectivity index (χ4v) is 1.56. The first-order chi connectivity index (χ1) is 7.33. The van der Waals surface area contributed by atoms with Gasteiger partial charge in [0, 0.05) is 0 Å². The smallest absolute Gasteiger partial charge is 0.147 e. The fourth-order valence-electron chi connectivity index (χ4n) is 1.07. The van der Waals surface area contributed by atoms with Gasteiger partial charge in [-0.15, -0.1) is 54.1 Å². The first kappa shape index (κ1) is 27.9. The van der Waals surface area contributed by atoms with Gasteiger partial charge in [0.25, 0.3) is 0 Å². The average Bonchev–Trinajstić information content (AvgIpc) is 2.32. The SMILES string of the molecule is Cl.Cl.Cl.Cl.[Al][CH2]c1ccccc1.[Al][c]1ccccc1. The predicted octanol–water partition coefficient (Wildman–Crippen LogP) is 3.52. The van der Waals surface area contributed by atoms with Gasteiger partial charge in [-0.1, -0.05) is 71.5 Å². The van der Waals surface area contributed by atoms with E-state index in [1.165, 1.54) is 9.99 Å². The molecule has 2 rings (SSSR count). The van der Waals surface area contributed by atoms with Crippen molar-refractivity contribution in [3.63, 3.8) is 0 Å². The fraction of sp³-hybridized carbons (Fsp3) is 0.0769. The Morgan fingerprint density at radius 3 is 1.21 bits per heavy atom. The van der Waals surface area contributed by atoms with E-state index in [4.69, 9.17) is 0 Å². The minimum atomic E-state index is 0. The molecule has 19 heavy (non-hydrogen) atoms. The van der Waals surface area contributed by atoms with Crippen LogP contribution in [0.25, 0.3) is 0 Å². The highest BCUT2D eigenvalue weighted by molar-refractivity contribution is 6.32. The molecule has 0 aliphatic rings. The number of hydrogen-bond acceptors (Lipinski definition) is 0. The van der Waals surface area contributed by atoms with Gasteiger partial charge in [0.05, 0.1) is 0 Å². The van der Waals surface area contributed by atoms with E-state index in [0.717, 1.165) is 5.28 Å². The molecule has 0 atom stereocenters. The van der Waals surface area contributed by atoms with Crippen molar-refractivity contribution >= 4 is 86.6 Å². The van der Waals surface area contributed by atoms with Crippen LogP contribution in [-0.4, -0.2) is 32.6 Å². The third kappa shape index (κ3) is 14.9. The molecule has 0 aliphatic carbocycles. The summed E-state index contributed by atoms with van der Waals surface area (Å²) >= 11 is 5.32. The van der Waals surface area contributed by atoms with Gasteiger partial charge >= 0.3 is 0 Å². The maximum atomic E-state index is 2.69. The van der Waals surface area contributed by atoms with Crippen LogP contribution in [0.3, 0.4) is 0 Å². The van der Waals surface area contributed by atoms with Crippen molar-refractivity contribution in [2.45, 2.75) is 5.28 Å². The molecule has 0 heterocycles. The molecule has 102 valence electrons. The summed E-state index contributed by atoms with van der Waals surface area (Å²) in [5.74, 6) is 0. The lowest BCUT2D eigenvalue weighted by molar-refractivity contribution is 1.40. The lowest BCUT2D eigenvalue weighted by Crippen LogP contribution is -1.97. The lowest BCUT2D eigenvalue weighted by atomic mass is 10.2.